The largest absolute Gasteiger partial charge is 0.492 e. The van der Waals surface area contributed by atoms with Gasteiger partial charge in [0.25, 0.3) is 5.91 Å². The van der Waals surface area contributed by atoms with E-state index in [0.717, 1.165) is 0 Å². The van der Waals surface area contributed by atoms with Crippen molar-refractivity contribution < 1.29 is 14.1 Å². The third-order valence-corrected chi connectivity index (χ3v) is 4.10. The van der Waals surface area contributed by atoms with Crippen molar-refractivity contribution >= 4 is 29.1 Å². The molecule has 0 fully saturated rings. The fourth-order valence-electron chi connectivity index (χ4n) is 2.25. The number of carbonyl (C=O) groups excluding carboxylic acids is 1. The molecule has 0 unspecified atom stereocenters. The van der Waals surface area contributed by atoms with Gasteiger partial charge in [0.2, 0.25) is 11.7 Å². The van der Waals surface area contributed by atoms with E-state index >= 15 is 0 Å². The number of benzene rings is 2. The van der Waals surface area contributed by atoms with Gasteiger partial charge in [-0.1, -0.05) is 40.5 Å². The number of nitrogens with zero attached hydrogens (tertiary/aromatic N) is 2. The molecule has 8 heteroatoms. The Labute approximate surface area is 160 Å². The topological polar surface area (TPSA) is 77.2 Å². The van der Waals surface area contributed by atoms with Gasteiger partial charge in [-0.2, -0.15) is 4.98 Å². The van der Waals surface area contributed by atoms with Gasteiger partial charge in [0.1, 0.15) is 5.75 Å². The van der Waals surface area contributed by atoms with Gasteiger partial charge < -0.3 is 14.6 Å². The Morgan fingerprint density at radius 1 is 1.19 bits per heavy atom. The van der Waals surface area contributed by atoms with Crippen molar-refractivity contribution in [2.75, 3.05) is 6.61 Å². The molecule has 0 saturated carbocycles. The molecule has 0 aliphatic carbocycles. The number of halogens is 2. The molecule has 0 saturated heterocycles. The predicted molar refractivity (Wildman–Crippen MR) is 98.5 cm³/mol. The van der Waals surface area contributed by atoms with Crippen molar-refractivity contribution in [2.24, 2.45) is 0 Å². The second-order valence-electron chi connectivity index (χ2n) is 5.25. The highest BCUT2D eigenvalue weighted by Gasteiger charge is 2.14. The van der Waals surface area contributed by atoms with E-state index in [-0.39, 0.29) is 18.3 Å². The molecule has 134 valence electrons. The first-order valence-corrected chi connectivity index (χ1v) is 8.62. The third kappa shape index (κ3) is 4.15. The van der Waals surface area contributed by atoms with Crippen LogP contribution in [0.2, 0.25) is 10.0 Å². The minimum Gasteiger partial charge on any atom is -0.492 e. The summed E-state index contributed by atoms with van der Waals surface area (Å²) in [6.07, 6.45) is 0. The molecule has 6 nitrogen and oxygen atoms in total. The van der Waals surface area contributed by atoms with Crippen molar-refractivity contribution in [3.63, 3.8) is 0 Å². The monoisotopic (exact) mass is 391 g/mol. The lowest BCUT2D eigenvalue weighted by Gasteiger charge is -2.07. The highest BCUT2D eigenvalue weighted by molar-refractivity contribution is 6.33. The molecule has 0 bridgehead atoms. The van der Waals surface area contributed by atoms with Crippen LogP contribution in [0.15, 0.2) is 47.0 Å². The lowest BCUT2D eigenvalue weighted by atomic mass is 10.2. The fourth-order valence-corrected chi connectivity index (χ4v) is 2.71. The van der Waals surface area contributed by atoms with Crippen molar-refractivity contribution in [3.05, 3.63) is 64.0 Å². The lowest BCUT2D eigenvalue weighted by molar-refractivity contribution is 0.0946. The van der Waals surface area contributed by atoms with Gasteiger partial charge in [-0.25, -0.2) is 0 Å². The average Bonchev–Trinajstić information content (AvgIpc) is 3.10. The molecular formula is C18H15Cl2N3O3. The normalized spacial score (nSPS) is 10.6. The summed E-state index contributed by atoms with van der Waals surface area (Å²) in [7, 11) is 0. The molecule has 2 aromatic carbocycles. The minimum atomic E-state index is -0.313. The van der Waals surface area contributed by atoms with Gasteiger partial charge >= 0.3 is 0 Å². The molecule has 0 radical (unpaired) electrons. The van der Waals surface area contributed by atoms with E-state index in [4.69, 9.17) is 32.5 Å². The van der Waals surface area contributed by atoms with Crippen molar-refractivity contribution in [1.82, 2.24) is 15.5 Å². The SMILES string of the molecule is CCOc1ccc(C(=O)NCc2nc(-c3ccccc3Cl)no2)cc1Cl. The smallest absolute Gasteiger partial charge is 0.251 e. The zero-order chi connectivity index (χ0) is 18.5. The molecule has 1 amide bonds. The van der Waals surface area contributed by atoms with Crippen LogP contribution in [0.1, 0.15) is 23.2 Å². The second kappa shape index (κ2) is 8.21. The summed E-state index contributed by atoms with van der Waals surface area (Å²) in [5, 5.41) is 7.48. The maximum absolute atomic E-state index is 12.2. The van der Waals surface area contributed by atoms with Crippen LogP contribution in [0.25, 0.3) is 11.4 Å². The van der Waals surface area contributed by atoms with E-state index in [1.54, 1.807) is 30.3 Å². The summed E-state index contributed by atoms with van der Waals surface area (Å²) in [4.78, 5) is 16.5. The quantitative estimate of drug-likeness (QED) is 0.674. The molecule has 26 heavy (non-hydrogen) atoms. The van der Waals surface area contributed by atoms with E-state index in [1.165, 1.54) is 0 Å². The van der Waals surface area contributed by atoms with Gasteiger partial charge in [0, 0.05) is 11.1 Å². The molecule has 1 aromatic heterocycles. The number of carbonyl (C=O) groups is 1. The Balaban J connectivity index is 1.65. The number of aromatic nitrogens is 2. The van der Waals surface area contributed by atoms with Gasteiger partial charge in [-0.15, -0.1) is 0 Å². The van der Waals surface area contributed by atoms with Crippen LogP contribution in [0.5, 0.6) is 5.75 Å². The number of nitrogens with one attached hydrogen (secondary N) is 1. The third-order valence-electron chi connectivity index (χ3n) is 3.48. The predicted octanol–water partition coefficient (Wildman–Crippen LogP) is 4.37. The summed E-state index contributed by atoms with van der Waals surface area (Å²) < 4.78 is 10.5. The first kappa shape index (κ1) is 18.2. The molecule has 0 atom stereocenters. The second-order valence-corrected chi connectivity index (χ2v) is 6.07. The van der Waals surface area contributed by atoms with Crippen LogP contribution < -0.4 is 10.1 Å². The Hall–Kier alpha value is -2.57. The lowest BCUT2D eigenvalue weighted by Crippen LogP contribution is -2.22. The fraction of sp³-hybridized carbons (Fsp3) is 0.167. The number of hydrogen-bond donors (Lipinski definition) is 1. The molecule has 3 aromatic rings. The Kier molecular flexibility index (Phi) is 5.75. The summed E-state index contributed by atoms with van der Waals surface area (Å²) in [5.41, 5.74) is 1.07. The standard InChI is InChI=1S/C18H15Cl2N3O3/c1-2-25-15-8-7-11(9-14(15)20)18(24)21-10-16-22-17(23-26-16)12-5-3-4-6-13(12)19/h3-9H,2,10H2,1H3,(H,21,24). The molecule has 0 spiro atoms. The summed E-state index contributed by atoms with van der Waals surface area (Å²) in [5.74, 6) is 0.855. The van der Waals surface area contributed by atoms with Crippen LogP contribution in [0, 0.1) is 0 Å². The maximum atomic E-state index is 12.2. The van der Waals surface area contributed by atoms with Gasteiger partial charge in [-0.3, -0.25) is 4.79 Å². The zero-order valence-corrected chi connectivity index (χ0v) is 15.3. The number of ether oxygens (including phenoxy) is 1. The van der Waals surface area contributed by atoms with Crippen LogP contribution in [0.4, 0.5) is 0 Å². The molecule has 1 N–H and O–H groups in total. The summed E-state index contributed by atoms with van der Waals surface area (Å²) in [6.45, 7) is 2.44. The van der Waals surface area contributed by atoms with Crippen LogP contribution >= 0.6 is 23.2 Å². The number of amides is 1. The highest BCUT2D eigenvalue weighted by Crippen LogP contribution is 2.26. The van der Waals surface area contributed by atoms with Crippen LogP contribution in [0.3, 0.4) is 0 Å². The van der Waals surface area contributed by atoms with E-state index in [9.17, 15) is 4.79 Å². The van der Waals surface area contributed by atoms with E-state index in [0.29, 0.717) is 39.4 Å². The average molecular weight is 392 g/mol. The summed E-state index contributed by atoms with van der Waals surface area (Å²) in [6, 6.07) is 12.0. The van der Waals surface area contributed by atoms with E-state index < -0.39 is 0 Å². The summed E-state index contributed by atoms with van der Waals surface area (Å²) >= 11 is 12.2. The van der Waals surface area contributed by atoms with Crippen molar-refractivity contribution in [3.8, 4) is 17.1 Å². The van der Waals surface area contributed by atoms with Gasteiger partial charge in [-0.05, 0) is 37.3 Å². The molecule has 3 rings (SSSR count). The number of hydrogen-bond acceptors (Lipinski definition) is 5. The van der Waals surface area contributed by atoms with E-state index in [1.807, 2.05) is 19.1 Å². The Morgan fingerprint density at radius 3 is 2.73 bits per heavy atom. The van der Waals surface area contributed by atoms with Crippen molar-refractivity contribution in [1.29, 1.82) is 0 Å². The van der Waals surface area contributed by atoms with Crippen LogP contribution in [-0.4, -0.2) is 22.7 Å². The first-order valence-electron chi connectivity index (χ1n) is 7.86. The van der Waals surface area contributed by atoms with Gasteiger partial charge in [0.15, 0.2) is 0 Å². The molecule has 0 aliphatic heterocycles. The zero-order valence-electron chi connectivity index (χ0n) is 13.8. The first-order chi connectivity index (χ1) is 12.6. The Morgan fingerprint density at radius 2 is 2.00 bits per heavy atom. The molecule has 0 aliphatic rings. The Bertz CT molecular complexity index is 928. The van der Waals surface area contributed by atoms with Crippen molar-refractivity contribution in [2.45, 2.75) is 13.5 Å². The maximum Gasteiger partial charge on any atom is 0.251 e. The number of rotatable bonds is 6. The van der Waals surface area contributed by atoms with E-state index in [2.05, 4.69) is 15.5 Å². The molecular weight excluding hydrogens is 377 g/mol. The minimum absolute atomic E-state index is 0.0844. The molecule has 1 heterocycles. The van der Waals surface area contributed by atoms with Crippen LogP contribution in [-0.2, 0) is 6.54 Å². The highest BCUT2D eigenvalue weighted by atomic mass is 35.5. The van der Waals surface area contributed by atoms with Gasteiger partial charge in [0.05, 0.1) is 23.2 Å².